The van der Waals surface area contributed by atoms with Crippen molar-refractivity contribution in [2.24, 2.45) is 11.7 Å². The van der Waals surface area contributed by atoms with Crippen LogP contribution in [-0.2, 0) is 0 Å². The van der Waals surface area contributed by atoms with Gasteiger partial charge in [-0.05, 0) is 37.9 Å². The van der Waals surface area contributed by atoms with Gasteiger partial charge in [0.2, 0.25) is 0 Å². The predicted octanol–water partition coefficient (Wildman–Crippen LogP) is 3.37. The highest BCUT2D eigenvalue weighted by molar-refractivity contribution is 7.12. The van der Waals surface area contributed by atoms with E-state index in [4.69, 9.17) is 5.73 Å². The summed E-state index contributed by atoms with van der Waals surface area (Å²) in [6.07, 6.45) is 1.79. The zero-order valence-electron chi connectivity index (χ0n) is 15.6. The topological polar surface area (TPSA) is 64.2 Å². The van der Waals surface area contributed by atoms with Crippen molar-refractivity contribution in [2.75, 3.05) is 19.6 Å². The van der Waals surface area contributed by atoms with E-state index in [2.05, 4.69) is 33.8 Å². The van der Waals surface area contributed by atoms with Gasteiger partial charge in [0.15, 0.2) is 5.13 Å². The number of nitrogens with zero attached hydrogens (tertiary/aromatic N) is 3. The van der Waals surface area contributed by atoms with Gasteiger partial charge in [-0.15, -0.1) is 11.3 Å². The molecule has 6 heteroatoms. The SMILES string of the molecule is Cc1cc(C(=O)N2C[C@@H](CN)[C@H](c3ccccc3)C2)c(C)n1-c1nccs1. The van der Waals surface area contributed by atoms with E-state index in [1.54, 1.807) is 17.5 Å². The Morgan fingerprint density at radius 3 is 2.70 bits per heavy atom. The Bertz CT molecular complexity index is 933. The molecule has 0 saturated carbocycles. The average molecular weight is 381 g/mol. The lowest BCUT2D eigenvalue weighted by molar-refractivity contribution is 0.0785. The first-order chi connectivity index (χ1) is 13.1. The summed E-state index contributed by atoms with van der Waals surface area (Å²) in [7, 11) is 0. The third-order valence-corrected chi connectivity index (χ3v) is 6.29. The third kappa shape index (κ3) is 3.19. The number of nitrogens with two attached hydrogens (primary N) is 1. The van der Waals surface area contributed by atoms with Crippen molar-refractivity contribution >= 4 is 17.2 Å². The van der Waals surface area contributed by atoms with Crippen LogP contribution >= 0.6 is 11.3 Å². The van der Waals surface area contributed by atoms with Crippen molar-refractivity contribution < 1.29 is 4.79 Å². The number of carbonyl (C=O) groups excluding carboxylic acids is 1. The minimum absolute atomic E-state index is 0.0859. The van der Waals surface area contributed by atoms with E-state index < -0.39 is 0 Å². The van der Waals surface area contributed by atoms with Crippen molar-refractivity contribution in [3.8, 4) is 5.13 Å². The number of rotatable bonds is 4. The second kappa shape index (κ2) is 7.29. The van der Waals surface area contributed by atoms with Gasteiger partial charge in [0, 0.05) is 42.0 Å². The molecule has 0 spiro atoms. The average Bonchev–Trinajstić information content (AvgIpc) is 3.41. The Morgan fingerprint density at radius 2 is 2.04 bits per heavy atom. The van der Waals surface area contributed by atoms with Gasteiger partial charge in [-0.1, -0.05) is 30.3 Å². The summed E-state index contributed by atoms with van der Waals surface area (Å²) in [5.74, 6) is 0.671. The molecule has 1 aromatic carbocycles. The first-order valence-electron chi connectivity index (χ1n) is 9.23. The smallest absolute Gasteiger partial charge is 0.255 e. The minimum atomic E-state index is 0.0859. The number of aromatic nitrogens is 2. The molecule has 0 radical (unpaired) electrons. The fourth-order valence-corrected chi connectivity index (χ4v) is 4.88. The van der Waals surface area contributed by atoms with Crippen LogP contribution in [0.3, 0.4) is 0 Å². The zero-order chi connectivity index (χ0) is 19.0. The Labute approximate surface area is 163 Å². The molecule has 2 aromatic heterocycles. The second-order valence-electron chi connectivity index (χ2n) is 7.16. The van der Waals surface area contributed by atoms with E-state index in [1.807, 2.05) is 36.3 Å². The minimum Gasteiger partial charge on any atom is -0.338 e. The summed E-state index contributed by atoms with van der Waals surface area (Å²) in [5, 5.41) is 2.85. The number of carbonyl (C=O) groups is 1. The number of likely N-dealkylation sites (tertiary alicyclic amines) is 1. The van der Waals surface area contributed by atoms with Crippen LogP contribution < -0.4 is 5.73 Å². The second-order valence-corrected chi connectivity index (χ2v) is 8.03. The van der Waals surface area contributed by atoms with Crippen LogP contribution in [0, 0.1) is 19.8 Å². The Hall–Kier alpha value is -2.44. The highest BCUT2D eigenvalue weighted by atomic mass is 32.1. The third-order valence-electron chi connectivity index (χ3n) is 5.53. The highest BCUT2D eigenvalue weighted by Gasteiger charge is 2.36. The van der Waals surface area contributed by atoms with Crippen molar-refractivity contribution in [2.45, 2.75) is 19.8 Å². The molecule has 1 aliphatic rings. The fraction of sp³-hybridized carbons (Fsp3) is 0.333. The summed E-state index contributed by atoms with van der Waals surface area (Å²) in [6.45, 7) is 6.01. The van der Waals surface area contributed by atoms with Gasteiger partial charge in [-0.25, -0.2) is 4.98 Å². The van der Waals surface area contributed by atoms with Gasteiger partial charge >= 0.3 is 0 Å². The maximum absolute atomic E-state index is 13.3. The molecule has 3 aromatic rings. The van der Waals surface area contributed by atoms with Gasteiger partial charge < -0.3 is 10.6 Å². The molecule has 1 amide bonds. The quantitative estimate of drug-likeness (QED) is 0.755. The molecular formula is C21H24N4OS. The molecule has 5 nitrogen and oxygen atoms in total. The summed E-state index contributed by atoms with van der Waals surface area (Å²) in [5.41, 5.74) is 10.0. The van der Waals surface area contributed by atoms with Crippen molar-refractivity contribution in [1.82, 2.24) is 14.5 Å². The lowest BCUT2D eigenvalue weighted by atomic mass is 9.89. The summed E-state index contributed by atoms with van der Waals surface area (Å²) < 4.78 is 2.06. The lowest BCUT2D eigenvalue weighted by Crippen LogP contribution is -2.30. The standard InChI is InChI=1S/C21H24N4OS/c1-14-10-18(15(2)25(14)21-23-8-9-27-21)20(26)24-12-17(11-22)19(13-24)16-6-4-3-5-7-16/h3-10,17,19H,11-13,22H2,1-2H3/t17-,19+/m1/s1. The molecule has 4 rings (SSSR count). The van der Waals surface area contributed by atoms with Crippen molar-refractivity contribution in [3.63, 3.8) is 0 Å². The maximum Gasteiger partial charge on any atom is 0.255 e. The number of hydrogen-bond donors (Lipinski definition) is 1. The van der Waals surface area contributed by atoms with E-state index in [-0.39, 0.29) is 5.91 Å². The molecule has 140 valence electrons. The molecule has 0 bridgehead atoms. The van der Waals surface area contributed by atoms with Crippen LogP contribution in [0.5, 0.6) is 0 Å². The van der Waals surface area contributed by atoms with E-state index in [1.165, 1.54) is 5.56 Å². The number of hydrogen-bond acceptors (Lipinski definition) is 4. The van der Waals surface area contributed by atoms with Gasteiger partial charge in [0.25, 0.3) is 5.91 Å². The van der Waals surface area contributed by atoms with Crippen LogP contribution in [0.2, 0.25) is 0 Å². The number of aryl methyl sites for hydroxylation is 1. The van der Waals surface area contributed by atoms with Crippen LogP contribution in [0.1, 0.15) is 33.2 Å². The summed E-state index contributed by atoms with van der Waals surface area (Å²) >= 11 is 1.57. The predicted molar refractivity (Wildman–Crippen MR) is 109 cm³/mol. The van der Waals surface area contributed by atoms with Gasteiger partial charge in [-0.3, -0.25) is 9.36 Å². The molecular weight excluding hydrogens is 356 g/mol. The largest absolute Gasteiger partial charge is 0.338 e. The van der Waals surface area contributed by atoms with E-state index in [0.717, 1.165) is 22.1 Å². The fourth-order valence-electron chi connectivity index (χ4n) is 4.12. The highest BCUT2D eigenvalue weighted by Crippen LogP contribution is 2.33. The molecule has 2 N–H and O–H groups in total. The Morgan fingerprint density at radius 1 is 1.26 bits per heavy atom. The number of amides is 1. The van der Waals surface area contributed by atoms with Gasteiger partial charge in [0.1, 0.15) is 0 Å². The van der Waals surface area contributed by atoms with Crippen molar-refractivity contribution in [3.05, 3.63) is 70.5 Å². The molecule has 0 aliphatic carbocycles. The van der Waals surface area contributed by atoms with Gasteiger partial charge in [-0.2, -0.15) is 0 Å². The number of benzene rings is 1. The van der Waals surface area contributed by atoms with Crippen LogP contribution in [0.15, 0.2) is 48.0 Å². The number of thiazole rings is 1. The van der Waals surface area contributed by atoms with E-state index in [9.17, 15) is 4.79 Å². The van der Waals surface area contributed by atoms with Crippen LogP contribution in [0.25, 0.3) is 5.13 Å². The summed E-state index contributed by atoms with van der Waals surface area (Å²) in [4.78, 5) is 19.7. The van der Waals surface area contributed by atoms with E-state index in [0.29, 0.717) is 31.5 Å². The lowest BCUT2D eigenvalue weighted by Gasteiger charge is -2.17. The van der Waals surface area contributed by atoms with Gasteiger partial charge in [0.05, 0.1) is 5.56 Å². The molecule has 1 aliphatic heterocycles. The van der Waals surface area contributed by atoms with Crippen molar-refractivity contribution in [1.29, 1.82) is 0 Å². The monoisotopic (exact) mass is 380 g/mol. The molecule has 1 fully saturated rings. The zero-order valence-corrected chi connectivity index (χ0v) is 16.4. The molecule has 0 unspecified atom stereocenters. The van der Waals surface area contributed by atoms with E-state index >= 15 is 0 Å². The van der Waals surface area contributed by atoms with Crippen LogP contribution in [-0.4, -0.2) is 40.0 Å². The summed E-state index contributed by atoms with van der Waals surface area (Å²) in [6, 6.07) is 12.4. The Kier molecular flexibility index (Phi) is 4.85. The normalized spacial score (nSPS) is 19.6. The molecule has 1 saturated heterocycles. The first-order valence-corrected chi connectivity index (χ1v) is 10.1. The van der Waals surface area contributed by atoms with Crippen LogP contribution in [0.4, 0.5) is 0 Å². The maximum atomic E-state index is 13.3. The first kappa shape index (κ1) is 17.9. The molecule has 27 heavy (non-hydrogen) atoms. The molecule has 3 heterocycles. The Balaban J connectivity index is 1.62. The molecule has 2 atom stereocenters.